The number of rotatable bonds is 9. The maximum atomic E-state index is 12.6. The molecule has 0 heterocycles. The summed E-state index contributed by atoms with van der Waals surface area (Å²) in [6, 6.07) is 5.45. The summed E-state index contributed by atoms with van der Waals surface area (Å²) in [6.45, 7) is 9.40. The molecule has 27 heavy (non-hydrogen) atoms. The predicted octanol–water partition coefficient (Wildman–Crippen LogP) is 3.88. The van der Waals surface area contributed by atoms with Gasteiger partial charge in [-0.3, -0.25) is 9.59 Å². The fourth-order valence-corrected chi connectivity index (χ4v) is 3.41. The Morgan fingerprint density at radius 2 is 1.48 bits per heavy atom. The quantitative estimate of drug-likeness (QED) is 0.608. The zero-order chi connectivity index (χ0) is 20.8. The Morgan fingerprint density at radius 1 is 0.926 bits per heavy atom. The smallest absolute Gasteiger partial charge is 0.311 e. The molecule has 0 N–H and O–H groups in total. The molecule has 0 saturated carbocycles. The van der Waals surface area contributed by atoms with E-state index in [9.17, 15) is 9.59 Å². The first-order chi connectivity index (χ1) is 12.5. The summed E-state index contributed by atoms with van der Waals surface area (Å²) < 4.78 is 20.5. The topological polar surface area (TPSA) is 71.1 Å². The molecule has 0 aliphatic rings. The zero-order valence-corrected chi connectivity index (χ0v) is 17.3. The first-order valence-corrected chi connectivity index (χ1v) is 8.61. The third kappa shape index (κ3) is 5.25. The van der Waals surface area contributed by atoms with Crippen molar-refractivity contribution in [3.8, 4) is 11.5 Å². The van der Waals surface area contributed by atoms with Crippen LogP contribution in [0.1, 0.15) is 39.2 Å². The highest BCUT2D eigenvalue weighted by Gasteiger charge is 2.43. The Kier molecular flexibility index (Phi) is 7.46. The van der Waals surface area contributed by atoms with E-state index in [0.29, 0.717) is 17.9 Å². The molecular formula is C21H30O6. The number of carbonyl (C=O) groups excluding carboxylic acids is 2. The van der Waals surface area contributed by atoms with Gasteiger partial charge in [-0.15, -0.1) is 0 Å². The summed E-state index contributed by atoms with van der Waals surface area (Å²) in [4.78, 5) is 24.7. The molecule has 0 saturated heterocycles. The number of ether oxygens (including phenoxy) is 4. The molecule has 0 radical (unpaired) electrons. The van der Waals surface area contributed by atoms with E-state index in [1.54, 1.807) is 41.1 Å². The molecule has 0 aliphatic heterocycles. The van der Waals surface area contributed by atoms with Crippen molar-refractivity contribution in [3.63, 3.8) is 0 Å². The summed E-state index contributed by atoms with van der Waals surface area (Å²) in [5.41, 5.74) is -0.255. The van der Waals surface area contributed by atoms with Gasteiger partial charge in [0.1, 0.15) is 0 Å². The standard InChI is InChI=1S/C21H30O6/c1-14(15-9-10-16(24-5)17(11-15)25-6)12-21(4,19(23)27-8)13-20(2,3)18(22)26-7/h9-11H,1,12-13H2,2-8H3. The molecule has 0 aliphatic carbocycles. The average molecular weight is 378 g/mol. The number of allylic oxidation sites excluding steroid dienone is 1. The molecule has 1 atom stereocenters. The number of benzene rings is 1. The summed E-state index contributed by atoms with van der Waals surface area (Å²) in [7, 11) is 5.80. The lowest BCUT2D eigenvalue weighted by atomic mass is 9.70. The number of hydrogen-bond acceptors (Lipinski definition) is 6. The lowest BCUT2D eigenvalue weighted by Crippen LogP contribution is -2.38. The molecule has 6 nitrogen and oxygen atoms in total. The molecule has 1 aromatic carbocycles. The lowest BCUT2D eigenvalue weighted by molar-refractivity contribution is -0.159. The molecule has 0 amide bonds. The fourth-order valence-electron chi connectivity index (χ4n) is 3.41. The van der Waals surface area contributed by atoms with Crippen LogP contribution in [0.5, 0.6) is 11.5 Å². The van der Waals surface area contributed by atoms with Gasteiger partial charge < -0.3 is 18.9 Å². The highest BCUT2D eigenvalue weighted by atomic mass is 16.5. The van der Waals surface area contributed by atoms with E-state index in [4.69, 9.17) is 18.9 Å². The summed E-state index contributed by atoms with van der Waals surface area (Å²) in [5.74, 6) is 0.401. The van der Waals surface area contributed by atoms with Crippen molar-refractivity contribution in [2.24, 2.45) is 10.8 Å². The van der Waals surface area contributed by atoms with E-state index >= 15 is 0 Å². The number of carbonyl (C=O) groups is 2. The zero-order valence-electron chi connectivity index (χ0n) is 17.3. The normalized spacial score (nSPS) is 13.3. The van der Waals surface area contributed by atoms with Gasteiger partial charge in [-0.1, -0.05) is 12.6 Å². The molecule has 1 rings (SSSR count). The van der Waals surface area contributed by atoms with E-state index < -0.39 is 16.8 Å². The first kappa shape index (κ1) is 22.5. The second-order valence-corrected chi connectivity index (χ2v) is 7.45. The van der Waals surface area contributed by atoms with E-state index in [2.05, 4.69) is 6.58 Å². The minimum absolute atomic E-state index is 0.256. The van der Waals surface area contributed by atoms with Crippen LogP contribution in [0.15, 0.2) is 24.8 Å². The minimum Gasteiger partial charge on any atom is -0.493 e. The van der Waals surface area contributed by atoms with Crippen molar-refractivity contribution in [1.82, 2.24) is 0 Å². The Morgan fingerprint density at radius 3 is 1.96 bits per heavy atom. The Bertz CT molecular complexity index is 707. The Labute approximate surface area is 161 Å². The van der Waals surface area contributed by atoms with Crippen LogP contribution in [0, 0.1) is 10.8 Å². The van der Waals surface area contributed by atoms with E-state index in [-0.39, 0.29) is 12.4 Å². The van der Waals surface area contributed by atoms with Gasteiger partial charge >= 0.3 is 11.9 Å². The molecule has 0 fully saturated rings. The van der Waals surface area contributed by atoms with Crippen LogP contribution >= 0.6 is 0 Å². The fraction of sp³-hybridized carbons (Fsp3) is 0.524. The largest absolute Gasteiger partial charge is 0.493 e. The summed E-state index contributed by atoms with van der Waals surface area (Å²) in [5, 5.41) is 0. The maximum absolute atomic E-state index is 12.6. The van der Waals surface area contributed by atoms with Crippen LogP contribution in [0.4, 0.5) is 0 Å². The summed E-state index contributed by atoms with van der Waals surface area (Å²) in [6.07, 6.45) is 0.571. The number of esters is 2. The molecule has 150 valence electrons. The van der Waals surface area contributed by atoms with Crippen molar-refractivity contribution in [1.29, 1.82) is 0 Å². The highest BCUT2D eigenvalue weighted by molar-refractivity contribution is 5.82. The molecule has 0 spiro atoms. The predicted molar refractivity (Wildman–Crippen MR) is 104 cm³/mol. The molecule has 1 unspecified atom stereocenters. The van der Waals surface area contributed by atoms with Gasteiger partial charge in [0.15, 0.2) is 11.5 Å². The SMILES string of the molecule is C=C(CC(C)(CC(C)(C)C(=O)OC)C(=O)OC)c1ccc(OC)c(OC)c1. The second-order valence-electron chi connectivity index (χ2n) is 7.45. The van der Waals surface area contributed by atoms with Gasteiger partial charge in [-0.05, 0) is 56.9 Å². The first-order valence-electron chi connectivity index (χ1n) is 8.61. The van der Waals surface area contributed by atoms with Crippen LogP contribution in [-0.4, -0.2) is 40.4 Å². The van der Waals surface area contributed by atoms with E-state index in [1.165, 1.54) is 14.2 Å². The van der Waals surface area contributed by atoms with Crippen LogP contribution in [0.3, 0.4) is 0 Å². The van der Waals surface area contributed by atoms with E-state index in [1.807, 2.05) is 12.1 Å². The van der Waals surface area contributed by atoms with Gasteiger partial charge in [0.25, 0.3) is 0 Å². The van der Waals surface area contributed by atoms with Gasteiger partial charge in [-0.2, -0.15) is 0 Å². The van der Waals surface area contributed by atoms with Gasteiger partial charge in [0.2, 0.25) is 0 Å². The van der Waals surface area contributed by atoms with Gasteiger partial charge in [0, 0.05) is 0 Å². The van der Waals surface area contributed by atoms with Crippen LogP contribution < -0.4 is 9.47 Å². The third-order valence-electron chi connectivity index (χ3n) is 4.64. The minimum atomic E-state index is -0.948. The molecule has 1 aromatic rings. The van der Waals surface area contributed by atoms with Crippen LogP contribution in [0.25, 0.3) is 5.57 Å². The monoisotopic (exact) mass is 378 g/mol. The second kappa shape index (κ2) is 8.93. The lowest BCUT2D eigenvalue weighted by Gasteiger charge is -2.34. The van der Waals surface area contributed by atoms with Crippen molar-refractivity contribution in [3.05, 3.63) is 30.3 Å². The van der Waals surface area contributed by atoms with E-state index in [0.717, 1.165) is 11.1 Å². The van der Waals surface area contributed by atoms with Crippen LogP contribution in [-0.2, 0) is 19.1 Å². The molecule has 0 bridgehead atoms. The highest BCUT2D eigenvalue weighted by Crippen LogP contribution is 2.42. The molecule has 6 heteroatoms. The third-order valence-corrected chi connectivity index (χ3v) is 4.64. The van der Waals surface area contributed by atoms with Gasteiger partial charge in [-0.25, -0.2) is 0 Å². The van der Waals surface area contributed by atoms with Crippen molar-refractivity contribution in [2.45, 2.75) is 33.6 Å². The van der Waals surface area contributed by atoms with Crippen molar-refractivity contribution < 1.29 is 28.5 Å². The number of methoxy groups -OCH3 is 4. The van der Waals surface area contributed by atoms with Crippen LogP contribution in [0.2, 0.25) is 0 Å². The molecular weight excluding hydrogens is 348 g/mol. The van der Waals surface area contributed by atoms with Gasteiger partial charge in [0.05, 0.1) is 39.3 Å². The van der Waals surface area contributed by atoms with Crippen molar-refractivity contribution >= 4 is 17.5 Å². The average Bonchev–Trinajstić information content (AvgIpc) is 2.65. The Hall–Kier alpha value is -2.50. The molecule has 0 aromatic heterocycles. The van der Waals surface area contributed by atoms with Crippen molar-refractivity contribution in [2.75, 3.05) is 28.4 Å². The Balaban J connectivity index is 3.18. The summed E-state index contributed by atoms with van der Waals surface area (Å²) >= 11 is 0. The number of hydrogen-bond donors (Lipinski definition) is 0. The maximum Gasteiger partial charge on any atom is 0.311 e.